The van der Waals surface area contributed by atoms with Crippen LogP contribution in [0.4, 0.5) is 0 Å². The van der Waals surface area contributed by atoms with Crippen LogP contribution in [0.15, 0.2) is 18.3 Å². The van der Waals surface area contributed by atoms with Gasteiger partial charge in [0.15, 0.2) is 0 Å². The molecule has 1 saturated carbocycles. The summed E-state index contributed by atoms with van der Waals surface area (Å²) in [5.74, 6) is 1.04. The van der Waals surface area contributed by atoms with Crippen LogP contribution >= 0.6 is 23.4 Å². The van der Waals surface area contributed by atoms with E-state index in [0.717, 1.165) is 25.0 Å². The molecule has 21 heavy (non-hydrogen) atoms. The molecule has 1 aliphatic rings. The molecular weight excluding hydrogens is 328 g/mol. The monoisotopic (exact) mass is 348 g/mol. The molecule has 2 atom stereocenters. The van der Waals surface area contributed by atoms with Gasteiger partial charge in [-0.05, 0) is 36.6 Å². The Bertz CT molecular complexity index is 547. The predicted octanol–water partition coefficient (Wildman–Crippen LogP) is 3.22. The predicted molar refractivity (Wildman–Crippen MR) is 89.2 cm³/mol. The van der Waals surface area contributed by atoms with Gasteiger partial charge in [0.25, 0.3) is 0 Å². The lowest BCUT2D eigenvalue weighted by molar-refractivity contribution is 0.420. The van der Waals surface area contributed by atoms with Gasteiger partial charge in [-0.25, -0.2) is 18.1 Å². The van der Waals surface area contributed by atoms with E-state index < -0.39 is 10.0 Å². The summed E-state index contributed by atoms with van der Waals surface area (Å²) in [5, 5.41) is 0.949. The number of aromatic nitrogens is 1. The lowest BCUT2D eigenvalue weighted by Gasteiger charge is -2.29. The van der Waals surface area contributed by atoms with Crippen LogP contribution in [-0.4, -0.2) is 30.4 Å². The Kier molecular flexibility index (Phi) is 6.34. The summed E-state index contributed by atoms with van der Waals surface area (Å²) in [6, 6.07) is 3.37. The van der Waals surface area contributed by atoms with Crippen LogP contribution in [0.1, 0.15) is 38.2 Å². The molecule has 0 bridgehead atoms. The van der Waals surface area contributed by atoms with Crippen molar-refractivity contribution in [3.8, 4) is 0 Å². The van der Waals surface area contributed by atoms with Gasteiger partial charge in [-0.3, -0.25) is 0 Å². The van der Waals surface area contributed by atoms with Crippen LogP contribution in [0.3, 0.4) is 0 Å². The molecule has 118 valence electrons. The third-order valence-electron chi connectivity index (χ3n) is 3.52. The lowest BCUT2D eigenvalue weighted by atomic mass is 9.96. The maximum absolute atomic E-state index is 12.2. The molecule has 4 nitrogen and oxygen atoms in total. The number of pyridine rings is 1. The number of thioether (sulfide) groups is 1. The third-order valence-corrected chi connectivity index (χ3v) is 6.38. The Morgan fingerprint density at radius 3 is 2.90 bits per heavy atom. The minimum absolute atomic E-state index is 0.0424. The molecule has 0 radical (unpaired) electrons. The number of nitrogens with zero attached hydrogens (tertiary/aromatic N) is 1. The van der Waals surface area contributed by atoms with Gasteiger partial charge in [0, 0.05) is 17.5 Å². The smallest absolute Gasteiger partial charge is 0.216 e. The van der Waals surface area contributed by atoms with Gasteiger partial charge in [-0.15, -0.1) is 0 Å². The molecule has 7 heteroatoms. The number of rotatable bonds is 6. The van der Waals surface area contributed by atoms with E-state index in [2.05, 4.69) is 16.6 Å². The van der Waals surface area contributed by atoms with E-state index in [9.17, 15) is 8.42 Å². The quantitative estimate of drug-likeness (QED) is 0.802. The minimum Gasteiger partial charge on any atom is -0.244 e. The molecule has 0 spiro atoms. The SMILES string of the molecule is CCS[C@@H]1CCC[C@H](NS(=O)(=O)Cc2ccc(Cl)nc2)C1. The Morgan fingerprint density at radius 1 is 1.43 bits per heavy atom. The highest BCUT2D eigenvalue weighted by molar-refractivity contribution is 7.99. The molecule has 1 aromatic rings. The molecule has 0 unspecified atom stereocenters. The molecule has 1 aromatic heterocycles. The highest BCUT2D eigenvalue weighted by Gasteiger charge is 2.25. The van der Waals surface area contributed by atoms with Crippen molar-refractivity contribution in [2.24, 2.45) is 0 Å². The first kappa shape index (κ1) is 17.1. The summed E-state index contributed by atoms with van der Waals surface area (Å²) in [6.45, 7) is 2.14. The Balaban J connectivity index is 1.92. The summed E-state index contributed by atoms with van der Waals surface area (Å²) in [7, 11) is -3.33. The number of hydrogen-bond donors (Lipinski definition) is 1. The highest BCUT2D eigenvalue weighted by Crippen LogP contribution is 2.28. The lowest BCUT2D eigenvalue weighted by Crippen LogP contribution is -2.39. The van der Waals surface area contributed by atoms with Crippen LogP contribution < -0.4 is 4.72 Å². The van der Waals surface area contributed by atoms with Gasteiger partial charge in [-0.2, -0.15) is 11.8 Å². The molecule has 0 amide bonds. The van der Waals surface area contributed by atoms with Gasteiger partial charge >= 0.3 is 0 Å². The maximum atomic E-state index is 12.2. The molecular formula is C14H21ClN2O2S2. The van der Waals surface area contributed by atoms with Crippen molar-refractivity contribution in [3.05, 3.63) is 29.0 Å². The summed E-state index contributed by atoms with van der Waals surface area (Å²) < 4.78 is 27.3. The Hall–Kier alpha value is -0.300. The van der Waals surface area contributed by atoms with Gasteiger partial charge in [0.2, 0.25) is 10.0 Å². The van der Waals surface area contributed by atoms with Crippen LogP contribution in [0.5, 0.6) is 0 Å². The zero-order valence-electron chi connectivity index (χ0n) is 12.1. The van der Waals surface area contributed by atoms with Crippen molar-refractivity contribution in [3.63, 3.8) is 0 Å². The van der Waals surface area contributed by atoms with Gasteiger partial charge in [0.1, 0.15) is 5.15 Å². The van der Waals surface area contributed by atoms with Crippen molar-refractivity contribution >= 4 is 33.4 Å². The number of hydrogen-bond acceptors (Lipinski definition) is 4. The van der Waals surface area contributed by atoms with E-state index in [4.69, 9.17) is 11.6 Å². The topological polar surface area (TPSA) is 59.1 Å². The molecule has 2 rings (SSSR count). The van der Waals surface area contributed by atoms with Crippen molar-refractivity contribution in [1.29, 1.82) is 0 Å². The largest absolute Gasteiger partial charge is 0.244 e. The van der Waals surface area contributed by atoms with E-state index in [0.29, 0.717) is 16.0 Å². The summed E-state index contributed by atoms with van der Waals surface area (Å²) in [6.07, 6.45) is 5.65. The maximum Gasteiger partial charge on any atom is 0.216 e. The highest BCUT2D eigenvalue weighted by atomic mass is 35.5. The second-order valence-corrected chi connectivity index (χ2v) is 9.03. The molecule has 0 saturated heterocycles. The number of halogens is 1. The van der Waals surface area contributed by atoms with E-state index in [-0.39, 0.29) is 11.8 Å². The average Bonchev–Trinajstić information content (AvgIpc) is 2.41. The van der Waals surface area contributed by atoms with Crippen LogP contribution in [0.2, 0.25) is 5.15 Å². The molecule has 1 N–H and O–H groups in total. The zero-order chi connectivity index (χ0) is 15.3. The zero-order valence-corrected chi connectivity index (χ0v) is 14.5. The third kappa shape index (κ3) is 5.77. The van der Waals surface area contributed by atoms with E-state index in [1.165, 1.54) is 12.6 Å². The normalized spacial score (nSPS) is 23.1. The van der Waals surface area contributed by atoms with Crippen molar-refractivity contribution in [1.82, 2.24) is 9.71 Å². The van der Waals surface area contributed by atoms with Crippen LogP contribution in [-0.2, 0) is 15.8 Å². The van der Waals surface area contributed by atoms with Crippen molar-refractivity contribution in [2.75, 3.05) is 5.75 Å². The van der Waals surface area contributed by atoms with E-state index in [1.807, 2.05) is 11.8 Å². The van der Waals surface area contributed by atoms with Gasteiger partial charge in [-0.1, -0.05) is 31.0 Å². The standard InChI is InChI=1S/C14H21ClN2O2S2/c1-2-20-13-5-3-4-12(8-13)17-21(18,19)10-11-6-7-14(15)16-9-11/h6-7,9,12-13,17H,2-5,8,10H2,1H3/t12-,13+/m0/s1. The van der Waals surface area contributed by atoms with Gasteiger partial charge in [0.05, 0.1) is 5.75 Å². The molecule has 1 fully saturated rings. The fraction of sp³-hybridized carbons (Fsp3) is 0.643. The first-order valence-electron chi connectivity index (χ1n) is 7.20. The Morgan fingerprint density at radius 2 is 2.24 bits per heavy atom. The number of sulfonamides is 1. The molecule has 1 aliphatic carbocycles. The fourth-order valence-corrected chi connectivity index (χ4v) is 5.35. The summed E-state index contributed by atoms with van der Waals surface area (Å²) >= 11 is 7.63. The average molecular weight is 349 g/mol. The summed E-state index contributed by atoms with van der Waals surface area (Å²) in [4.78, 5) is 3.92. The van der Waals surface area contributed by atoms with Crippen molar-refractivity contribution < 1.29 is 8.42 Å². The summed E-state index contributed by atoms with van der Waals surface area (Å²) in [5.41, 5.74) is 0.655. The Labute approximate surface area is 136 Å². The van der Waals surface area contributed by atoms with Gasteiger partial charge < -0.3 is 0 Å². The fourth-order valence-electron chi connectivity index (χ4n) is 2.65. The minimum atomic E-state index is -3.33. The first-order chi connectivity index (χ1) is 9.98. The van der Waals surface area contributed by atoms with Crippen molar-refractivity contribution in [2.45, 2.75) is 49.7 Å². The molecule has 0 aromatic carbocycles. The van der Waals surface area contributed by atoms with Crippen LogP contribution in [0, 0.1) is 0 Å². The van der Waals surface area contributed by atoms with Crippen LogP contribution in [0.25, 0.3) is 0 Å². The first-order valence-corrected chi connectivity index (χ1v) is 10.3. The number of nitrogens with one attached hydrogen (secondary N) is 1. The second kappa shape index (κ2) is 7.81. The molecule has 0 aliphatic heterocycles. The second-order valence-electron chi connectivity index (χ2n) is 5.31. The van der Waals surface area contributed by atoms with E-state index >= 15 is 0 Å². The molecule has 1 heterocycles. The van der Waals surface area contributed by atoms with E-state index in [1.54, 1.807) is 12.1 Å².